The molecule has 3 aliphatic rings. The second-order valence-corrected chi connectivity index (χ2v) is 5.77. The first-order chi connectivity index (χ1) is 9.92. The van der Waals surface area contributed by atoms with Gasteiger partial charge in [-0.3, -0.25) is 0 Å². The highest BCUT2D eigenvalue weighted by Gasteiger charge is 2.30. The number of allylic oxidation sites excluding steroid dienone is 4. The number of hydrogen-bond donors (Lipinski definition) is 0. The van der Waals surface area contributed by atoms with Gasteiger partial charge in [-0.15, -0.1) is 0 Å². The fourth-order valence-electron chi connectivity index (χ4n) is 3.58. The molecule has 0 saturated heterocycles. The summed E-state index contributed by atoms with van der Waals surface area (Å²) >= 11 is 0. The van der Waals surface area contributed by atoms with Crippen LogP contribution in [0.5, 0.6) is 0 Å². The van der Waals surface area contributed by atoms with Crippen LogP contribution in [0.4, 0.5) is 0 Å². The van der Waals surface area contributed by atoms with E-state index in [0.717, 1.165) is 0 Å². The number of benzene rings is 2. The molecule has 3 aliphatic carbocycles. The van der Waals surface area contributed by atoms with Crippen molar-refractivity contribution in [3.8, 4) is 0 Å². The van der Waals surface area contributed by atoms with Crippen LogP contribution in [0, 0.1) is 11.8 Å². The molecule has 2 aromatic rings. The second-order valence-electron chi connectivity index (χ2n) is 5.77. The summed E-state index contributed by atoms with van der Waals surface area (Å²) in [5.74, 6) is 1.19. The molecule has 0 amide bonds. The third-order valence-corrected chi connectivity index (χ3v) is 4.56. The predicted molar refractivity (Wildman–Crippen MR) is 85.1 cm³/mol. The Morgan fingerprint density at radius 1 is 0.550 bits per heavy atom. The molecule has 0 aliphatic heterocycles. The summed E-state index contributed by atoms with van der Waals surface area (Å²) in [6.45, 7) is 0. The highest BCUT2D eigenvalue weighted by atomic mass is 14.3. The molecule has 0 nitrogen and oxygen atoms in total. The molecule has 0 aromatic heterocycles. The van der Waals surface area contributed by atoms with Gasteiger partial charge in [0.25, 0.3) is 0 Å². The Kier molecular flexibility index (Phi) is 2.81. The second kappa shape index (κ2) is 4.79. The topological polar surface area (TPSA) is 0 Å². The predicted octanol–water partition coefficient (Wildman–Crippen LogP) is 5.19. The summed E-state index contributed by atoms with van der Waals surface area (Å²) in [5, 5.41) is 0. The van der Waals surface area contributed by atoms with Crippen molar-refractivity contribution in [1.29, 1.82) is 0 Å². The molecule has 0 heteroatoms. The van der Waals surface area contributed by atoms with E-state index in [9.17, 15) is 0 Å². The molecule has 0 N–H and O–H groups in total. The fraction of sp³-hybridized carbons (Fsp3) is 0.200. The van der Waals surface area contributed by atoms with Crippen molar-refractivity contribution < 1.29 is 0 Å². The van der Waals surface area contributed by atoms with Crippen LogP contribution in [0.2, 0.25) is 0 Å². The van der Waals surface area contributed by atoms with E-state index in [1.165, 1.54) is 35.1 Å². The van der Waals surface area contributed by atoms with Crippen LogP contribution >= 0.6 is 0 Å². The first-order valence-corrected chi connectivity index (χ1v) is 7.46. The number of rotatable bonds is 2. The molecule has 0 saturated carbocycles. The van der Waals surface area contributed by atoms with Crippen molar-refractivity contribution in [1.82, 2.24) is 0 Å². The smallest absolute Gasteiger partial charge is 0.00275 e. The molecule has 2 bridgehead atoms. The minimum absolute atomic E-state index is 0.595. The van der Waals surface area contributed by atoms with Gasteiger partial charge in [0.05, 0.1) is 0 Å². The van der Waals surface area contributed by atoms with Crippen molar-refractivity contribution in [2.75, 3.05) is 0 Å². The van der Waals surface area contributed by atoms with Gasteiger partial charge in [0.2, 0.25) is 0 Å². The Morgan fingerprint density at radius 3 is 1.30 bits per heavy atom. The van der Waals surface area contributed by atoms with Gasteiger partial charge in [-0.25, -0.2) is 0 Å². The molecule has 0 spiro atoms. The molecule has 2 aromatic carbocycles. The fourth-order valence-corrected chi connectivity index (χ4v) is 3.58. The van der Waals surface area contributed by atoms with Gasteiger partial charge < -0.3 is 0 Å². The van der Waals surface area contributed by atoms with E-state index >= 15 is 0 Å². The number of fused-ring (bicyclic) bond motifs is 1. The minimum atomic E-state index is 0.595. The lowest BCUT2D eigenvalue weighted by Gasteiger charge is -2.35. The zero-order valence-corrected chi connectivity index (χ0v) is 11.5. The molecule has 2 atom stereocenters. The zero-order chi connectivity index (χ0) is 13.4. The van der Waals surface area contributed by atoms with Crippen LogP contribution < -0.4 is 0 Å². The van der Waals surface area contributed by atoms with E-state index in [4.69, 9.17) is 0 Å². The molecule has 0 fully saturated rings. The Bertz CT molecular complexity index is 600. The van der Waals surface area contributed by atoms with E-state index in [0.29, 0.717) is 11.8 Å². The molecule has 5 rings (SSSR count). The third kappa shape index (κ3) is 1.92. The summed E-state index contributed by atoms with van der Waals surface area (Å²) < 4.78 is 0. The number of hydrogen-bond acceptors (Lipinski definition) is 0. The SMILES string of the molecule is C1=C(c2ccccc2)C2C=C(c3ccccc3)[C@H]1CC2. The van der Waals surface area contributed by atoms with E-state index in [1.807, 2.05) is 0 Å². The first kappa shape index (κ1) is 11.7. The monoisotopic (exact) mass is 258 g/mol. The van der Waals surface area contributed by atoms with Gasteiger partial charge in [-0.2, -0.15) is 0 Å². The zero-order valence-electron chi connectivity index (χ0n) is 11.5. The van der Waals surface area contributed by atoms with Gasteiger partial charge in [-0.05, 0) is 35.1 Å². The molecule has 0 heterocycles. The molecule has 20 heavy (non-hydrogen) atoms. The van der Waals surface area contributed by atoms with E-state index in [-0.39, 0.29) is 0 Å². The van der Waals surface area contributed by atoms with Gasteiger partial charge >= 0.3 is 0 Å². The lowest BCUT2D eigenvalue weighted by atomic mass is 9.69. The van der Waals surface area contributed by atoms with Gasteiger partial charge in [0.15, 0.2) is 0 Å². The summed E-state index contributed by atoms with van der Waals surface area (Å²) in [4.78, 5) is 0. The molecule has 1 unspecified atom stereocenters. The summed E-state index contributed by atoms with van der Waals surface area (Å²) in [6.07, 6.45) is 7.60. The van der Waals surface area contributed by atoms with Crippen LogP contribution in [0.15, 0.2) is 72.8 Å². The van der Waals surface area contributed by atoms with E-state index < -0.39 is 0 Å². The lowest BCUT2D eigenvalue weighted by molar-refractivity contribution is 0.556. The first-order valence-electron chi connectivity index (χ1n) is 7.46. The van der Waals surface area contributed by atoms with Crippen molar-refractivity contribution in [2.24, 2.45) is 11.8 Å². The highest BCUT2D eigenvalue weighted by Crippen LogP contribution is 2.47. The van der Waals surface area contributed by atoms with Gasteiger partial charge in [0.1, 0.15) is 0 Å². The van der Waals surface area contributed by atoms with Crippen LogP contribution in [-0.2, 0) is 0 Å². The Balaban J connectivity index is 1.72. The molecular formula is C20H18. The van der Waals surface area contributed by atoms with E-state index in [1.54, 1.807) is 0 Å². The van der Waals surface area contributed by atoms with Crippen molar-refractivity contribution >= 4 is 11.1 Å². The largest absolute Gasteiger partial charge is 0.0726 e. The average molecular weight is 258 g/mol. The summed E-state index contributed by atoms with van der Waals surface area (Å²) in [5.41, 5.74) is 5.85. The summed E-state index contributed by atoms with van der Waals surface area (Å²) in [7, 11) is 0. The van der Waals surface area contributed by atoms with Crippen molar-refractivity contribution in [2.45, 2.75) is 12.8 Å². The maximum atomic E-state index is 2.51. The van der Waals surface area contributed by atoms with Gasteiger partial charge in [0, 0.05) is 11.8 Å². The Hall–Kier alpha value is -2.08. The standard InChI is InChI=1S/C20H18/c1-3-7-15(8-4-1)19-13-18-12-11-17(19)14-20(18)16-9-5-2-6-10-16/h1-10,13-14,17-18H,11-12H2/t17-,18?/m0/s1. The molecule has 98 valence electrons. The Morgan fingerprint density at radius 2 is 0.950 bits per heavy atom. The van der Waals surface area contributed by atoms with Crippen LogP contribution in [0.1, 0.15) is 24.0 Å². The minimum Gasteiger partial charge on any atom is -0.0726 e. The maximum Gasteiger partial charge on any atom is 0.00275 e. The third-order valence-electron chi connectivity index (χ3n) is 4.56. The van der Waals surface area contributed by atoms with Crippen LogP contribution in [-0.4, -0.2) is 0 Å². The molecule has 0 radical (unpaired) electrons. The maximum absolute atomic E-state index is 2.51. The molecular weight excluding hydrogens is 240 g/mol. The van der Waals surface area contributed by atoms with E-state index in [2.05, 4.69) is 72.8 Å². The normalized spacial score (nSPS) is 24.2. The Labute approximate surface area is 120 Å². The average Bonchev–Trinajstić information content (AvgIpc) is 2.57. The van der Waals surface area contributed by atoms with Crippen LogP contribution in [0.3, 0.4) is 0 Å². The van der Waals surface area contributed by atoms with Crippen molar-refractivity contribution in [3.05, 3.63) is 83.9 Å². The summed E-state index contributed by atoms with van der Waals surface area (Å²) in [6, 6.07) is 21.7. The highest BCUT2D eigenvalue weighted by molar-refractivity contribution is 5.82. The van der Waals surface area contributed by atoms with Crippen molar-refractivity contribution in [3.63, 3.8) is 0 Å². The van der Waals surface area contributed by atoms with Crippen LogP contribution in [0.25, 0.3) is 11.1 Å². The van der Waals surface area contributed by atoms with Gasteiger partial charge in [-0.1, -0.05) is 72.8 Å². The lowest BCUT2D eigenvalue weighted by Crippen LogP contribution is -2.20. The quantitative estimate of drug-likeness (QED) is 0.695.